The third-order valence-corrected chi connectivity index (χ3v) is 18.3. The molecule has 1 fully saturated rings. The molecule has 2 heterocycles. The molecule has 5 aromatic carbocycles. The van der Waals surface area contributed by atoms with Crippen molar-refractivity contribution in [2.24, 2.45) is 11.3 Å². The zero-order chi connectivity index (χ0) is 70.3. The van der Waals surface area contributed by atoms with Crippen LogP contribution in [0.3, 0.4) is 0 Å². The van der Waals surface area contributed by atoms with E-state index in [-0.39, 0.29) is 59.7 Å². The molecule has 7 rings (SSSR count). The van der Waals surface area contributed by atoms with Crippen molar-refractivity contribution in [1.82, 2.24) is 5.32 Å². The minimum atomic E-state index is -5.08. The first kappa shape index (κ1) is 79.7. The van der Waals surface area contributed by atoms with Crippen LogP contribution in [0.1, 0.15) is 118 Å². The monoisotopic (exact) mass is 1370 g/mol. The summed E-state index contributed by atoms with van der Waals surface area (Å²) in [6, 6.07) is 31.5. The lowest BCUT2D eigenvalue weighted by molar-refractivity contribution is -0.192. The number of carboxylic acid groups (broad SMARTS) is 1. The van der Waals surface area contributed by atoms with Crippen LogP contribution in [0.15, 0.2) is 120 Å². The van der Waals surface area contributed by atoms with E-state index in [2.05, 4.69) is 17.6 Å². The van der Waals surface area contributed by atoms with Gasteiger partial charge < -0.3 is 68.9 Å². The molecule has 6 unspecified atom stereocenters. The number of ether oxygens (including phenoxy) is 7. The molecule has 530 valence electrons. The average molecular weight is 1370 g/mol. The molecule has 0 saturated carbocycles. The summed E-state index contributed by atoms with van der Waals surface area (Å²) in [6.45, 7) is 12.1. The first-order valence-corrected chi connectivity index (χ1v) is 33.8. The van der Waals surface area contributed by atoms with Gasteiger partial charge in [-0.15, -0.1) is 0 Å². The van der Waals surface area contributed by atoms with E-state index in [4.69, 9.17) is 43.1 Å². The maximum Gasteiger partial charge on any atom is 0.490 e. The van der Waals surface area contributed by atoms with Gasteiger partial charge in [-0.1, -0.05) is 75.2 Å². The largest absolute Gasteiger partial charge is 0.490 e. The number of aliphatic hydroxyl groups excluding tert-OH is 2. The number of carbonyl (C=O) groups is 4. The van der Waals surface area contributed by atoms with Crippen LogP contribution in [0.4, 0.5) is 39.0 Å². The van der Waals surface area contributed by atoms with Crippen LogP contribution in [0.25, 0.3) is 0 Å². The number of benzene rings is 5. The molecule has 2 aliphatic heterocycles. The Kier molecular flexibility index (Phi) is 33.8. The Morgan fingerprint density at radius 2 is 1.27 bits per heavy atom. The zero-order valence-corrected chi connectivity index (χ0v) is 56.3. The molecule has 0 radical (unpaired) electrons. The first-order chi connectivity index (χ1) is 45.9. The predicted octanol–water partition coefficient (Wildman–Crippen LogP) is 10.5. The SMILES string of the molecule is CCCCC1(CC)CS(=O)(=O)c2ccc(N(C)C)cc2C(c2cccc(NC(=O)CCOCCOCCOCCOCCOC)c2)C1O.CCOCCOCCC(=O)NCc1cccc(C2C(CCC(O)c3ccc(F)cc3)C(=O)N2c2ccc(F)cc2)c1.O=C(O)C(F)(F)F. The molecule has 0 spiro atoms. The van der Waals surface area contributed by atoms with Gasteiger partial charge in [0.1, 0.15) is 11.6 Å². The predicted molar refractivity (Wildman–Crippen MR) is 352 cm³/mol. The second kappa shape index (κ2) is 40.7. The van der Waals surface area contributed by atoms with Gasteiger partial charge >= 0.3 is 12.1 Å². The van der Waals surface area contributed by atoms with E-state index in [0.717, 1.165) is 35.2 Å². The molecule has 2 aliphatic rings. The van der Waals surface area contributed by atoms with Crippen LogP contribution in [-0.4, -0.2) is 173 Å². The van der Waals surface area contributed by atoms with E-state index >= 15 is 0 Å². The Bertz CT molecular complexity index is 3290. The van der Waals surface area contributed by atoms with E-state index in [1.54, 1.807) is 36.3 Å². The van der Waals surface area contributed by atoms with Crippen LogP contribution in [0.5, 0.6) is 0 Å². The maximum atomic E-state index is 13.9. The Hall–Kier alpha value is -6.98. The fraction of sp³-hybridized carbons (Fsp3) is 0.514. The number of amides is 3. The third-order valence-electron chi connectivity index (χ3n) is 16.3. The van der Waals surface area contributed by atoms with Gasteiger partial charge in [-0.05, 0) is 127 Å². The average Bonchev–Trinajstić information content (AvgIpc) is 1.37. The van der Waals surface area contributed by atoms with Crippen LogP contribution in [0.2, 0.25) is 0 Å². The fourth-order valence-electron chi connectivity index (χ4n) is 11.1. The van der Waals surface area contributed by atoms with Gasteiger partial charge in [-0.3, -0.25) is 14.4 Å². The summed E-state index contributed by atoms with van der Waals surface area (Å²) in [5.41, 5.74) is 4.85. The Morgan fingerprint density at radius 1 is 0.719 bits per heavy atom. The molecule has 26 heteroatoms. The first-order valence-electron chi connectivity index (χ1n) is 32.1. The zero-order valence-electron chi connectivity index (χ0n) is 55.5. The Balaban J connectivity index is 0.000000318. The highest BCUT2D eigenvalue weighted by Gasteiger charge is 2.50. The lowest BCUT2D eigenvalue weighted by Crippen LogP contribution is -2.55. The number of hydrogen-bond donors (Lipinski definition) is 5. The Morgan fingerprint density at radius 3 is 1.83 bits per heavy atom. The van der Waals surface area contributed by atoms with Crippen molar-refractivity contribution < 1.29 is 98.0 Å². The molecule has 1 saturated heterocycles. The Labute approximate surface area is 559 Å². The molecule has 3 amide bonds. The smallest absolute Gasteiger partial charge is 0.475 e. The minimum Gasteiger partial charge on any atom is -0.475 e. The molecule has 0 aliphatic carbocycles. The number of nitrogens with one attached hydrogen (secondary N) is 2. The summed E-state index contributed by atoms with van der Waals surface area (Å²) in [5, 5.41) is 35.9. The molecular formula is C70H93F5N4O16S. The highest BCUT2D eigenvalue weighted by atomic mass is 32.2. The number of methoxy groups -OCH3 is 1. The number of carbonyl (C=O) groups excluding carboxylic acids is 3. The molecule has 0 bridgehead atoms. The molecule has 20 nitrogen and oxygen atoms in total. The number of alkyl halides is 3. The number of sulfone groups is 1. The molecule has 5 aromatic rings. The number of rotatable bonds is 37. The number of β-lactam (4-membered cyclic amide) rings is 1. The number of fused-ring (bicyclic) bond motifs is 1. The highest BCUT2D eigenvalue weighted by molar-refractivity contribution is 7.91. The van der Waals surface area contributed by atoms with Gasteiger partial charge in [0.05, 0.1) is 121 Å². The van der Waals surface area contributed by atoms with Crippen molar-refractivity contribution in [3.05, 3.63) is 155 Å². The number of hydrogen-bond acceptors (Lipinski definition) is 16. The highest BCUT2D eigenvalue weighted by Crippen LogP contribution is 2.50. The second-order valence-corrected chi connectivity index (χ2v) is 25.2. The third kappa shape index (κ3) is 25.1. The van der Waals surface area contributed by atoms with Gasteiger partial charge in [0, 0.05) is 69.2 Å². The number of anilines is 3. The van der Waals surface area contributed by atoms with E-state index in [1.165, 1.54) is 36.4 Å². The van der Waals surface area contributed by atoms with Gasteiger partial charge in [0.2, 0.25) is 17.7 Å². The molecule has 96 heavy (non-hydrogen) atoms. The van der Waals surface area contributed by atoms with Gasteiger partial charge in [0.25, 0.3) is 0 Å². The minimum absolute atomic E-state index is 0.108. The number of unbranched alkanes of at least 4 members (excludes halogenated alkanes) is 1. The second-order valence-electron chi connectivity index (χ2n) is 23.2. The fourth-order valence-corrected chi connectivity index (χ4v) is 13.4. The summed E-state index contributed by atoms with van der Waals surface area (Å²) in [5.74, 6) is -5.11. The molecule has 6 atom stereocenters. The van der Waals surface area contributed by atoms with E-state index < -0.39 is 57.3 Å². The summed E-state index contributed by atoms with van der Waals surface area (Å²) in [4.78, 5) is 51.2. The summed E-state index contributed by atoms with van der Waals surface area (Å²) >= 11 is 0. The van der Waals surface area contributed by atoms with Gasteiger partial charge in [0.15, 0.2) is 9.84 Å². The lowest BCUT2D eigenvalue weighted by Gasteiger charge is -2.48. The topological polar surface area (TPSA) is 258 Å². The number of halogens is 5. The van der Waals surface area contributed by atoms with Gasteiger partial charge in [-0.25, -0.2) is 22.0 Å². The maximum absolute atomic E-state index is 13.9. The van der Waals surface area contributed by atoms with Crippen molar-refractivity contribution in [3.63, 3.8) is 0 Å². The van der Waals surface area contributed by atoms with E-state index in [0.29, 0.717) is 134 Å². The summed E-state index contributed by atoms with van der Waals surface area (Å²) in [7, 11) is 1.75. The normalized spacial score (nSPS) is 18.3. The lowest BCUT2D eigenvalue weighted by atomic mass is 9.69. The van der Waals surface area contributed by atoms with Crippen molar-refractivity contribution in [1.29, 1.82) is 0 Å². The van der Waals surface area contributed by atoms with E-state index in [1.807, 2.05) is 87.4 Å². The number of carboxylic acids is 1. The van der Waals surface area contributed by atoms with Crippen LogP contribution < -0.4 is 20.4 Å². The molecule has 0 aromatic heterocycles. The van der Waals surface area contributed by atoms with Gasteiger partial charge in [-0.2, -0.15) is 13.2 Å². The standard InChI is InChI=1S/C36H56N2O9S.C32H36F2N2O5.C2HF3O2/c1-6-8-15-36(7-2)27-48(41,42)32-13-12-30(38(3)4)26-31(32)34(35(36)40)28-10-9-11-29(25-28)37-33(39)14-16-44-19-20-46-23-24-47-22-21-45-18-17-43-5;1-2-40-18-19-41-17-16-30(38)35-21-22-4-3-5-24(20-22)31-28(14-15-29(37)23-6-8-25(33)9-7-23)32(39)36(31)27-12-10-26(34)11-13-27;3-2(4,5)1(6)7/h9-13,25-26,34-35,40H,6-8,14-24,27H2,1-5H3,(H,37,39);3-13,20,28-29,31,37H,2,14-19,21H2,1H3,(H,35,38);(H,6,7). The van der Waals surface area contributed by atoms with Crippen LogP contribution in [-0.2, 0) is 68.7 Å². The molecule has 5 N–H and O–H groups in total. The van der Waals surface area contributed by atoms with E-state index in [9.17, 15) is 55.0 Å². The molecular weight excluding hydrogens is 1280 g/mol. The number of nitrogens with zero attached hydrogens (tertiary/aromatic N) is 2. The quantitative estimate of drug-likeness (QED) is 0.0141. The van der Waals surface area contributed by atoms with Crippen molar-refractivity contribution in [2.45, 2.75) is 114 Å². The summed E-state index contributed by atoms with van der Waals surface area (Å²) in [6.07, 6.45) is -2.91. The van der Waals surface area contributed by atoms with Crippen molar-refractivity contribution in [2.75, 3.05) is 128 Å². The number of aliphatic carboxylic acids is 1. The van der Waals surface area contributed by atoms with Crippen molar-refractivity contribution in [3.8, 4) is 0 Å². The number of aliphatic hydroxyl groups is 2. The summed E-state index contributed by atoms with van der Waals surface area (Å²) < 4.78 is 124. The van der Waals surface area contributed by atoms with Crippen LogP contribution >= 0.6 is 0 Å². The van der Waals surface area contributed by atoms with Crippen LogP contribution in [0, 0.1) is 23.0 Å². The van der Waals surface area contributed by atoms with Crippen molar-refractivity contribution >= 4 is 50.6 Å².